The van der Waals surface area contributed by atoms with E-state index in [2.05, 4.69) is 5.32 Å². The third kappa shape index (κ3) is 4.51. The van der Waals surface area contributed by atoms with E-state index in [0.717, 1.165) is 12.8 Å². The molecule has 0 saturated heterocycles. The molecule has 0 heterocycles. The molecule has 0 aromatic carbocycles. The van der Waals surface area contributed by atoms with Crippen molar-refractivity contribution in [2.45, 2.75) is 44.6 Å². The van der Waals surface area contributed by atoms with Crippen LogP contribution in [0.3, 0.4) is 0 Å². The van der Waals surface area contributed by atoms with E-state index in [-0.39, 0.29) is 25.0 Å². The molecule has 1 fully saturated rings. The van der Waals surface area contributed by atoms with Gasteiger partial charge in [0.25, 0.3) is 0 Å². The van der Waals surface area contributed by atoms with Crippen molar-refractivity contribution in [2.24, 2.45) is 0 Å². The molecule has 5 heteroatoms. The lowest BCUT2D eigenvalue weighted by molar-refractivity contribution is -0.137. The number of amides is 2. The van der Waals surface area contributed by atoms with Gasteiger partial charge in [-0.05, 0) is 12.8 Å². The number of carbonyl (C=O) groups excluding carboxylic acids is 1. The van der Waals surface area contributed by atoms with Crippen LogP contribution in [0.15, 0.2) is 0 Å². The number of carbonyl (C=O) groups is 2. The number of hydrogen-bond acceptors (Lipinski definition) is 2. The molecule has 0 spiro atoms. The number of carboxylic acid groups (broad SMARTS) is 1. The van der Waals surface area contributed by atoms with E-state index in [1.165, 1.54) is 24.2 Å². The van der Waals surface area contributed by atoms with Crippen molar-refractivity contribution in [3.8, 4) is 0 Å². The molecule has 0 aromatic heterocycles. The van der Waals surface area contributed by atoms with Crippen LogP contribution in [0.1, 0.15) is 38.5 Å². The Balaban J connectivity index is 2.24. The lowest BCUT2D eigenvalue weighted by atomic mass is 9.96. The fourth-order valence-electron chi connectivity index (χ4n) is 1.90. The summed E-state index contributed by atoms with van der Waals surface area (Å²) in [6.07, 6.45) is 5.67. The highest BCUT2D eigenvalue weighted by Crippen LogP contribution is 2.17. The van der Waals surface area contributed by atoms with Crippen LogP contribution < -0.4 is 5.32 Å². The summed E-state index contributed by atoms with van der Waals surface area (Å²) in [5, 5.41) is 11.4. The largest absolute Gasteiger partial charge is 0.481 e. The van der Waals surface area contributed by atoms with Gasteiger partial charge in [0.15, 0.2) is 0 Å². The number of carboxylic acids is 1. The van der Waals surface area contributed by atoms with Gasteiger partial charge >= 0.3 is 12.0 Å². The Morgan fingerprint density at radius 3 is 2.50 bits per heavy atom. The molecular weight excluding hydrogens is 208 g/mol. The van der Waals surface area contributed by atoms with Crippen molar-refractivity contribution < 1.29 is 14.7 Å². The zero-order valence-electron chi connectivity index (χ0n) is 9.74. The molecule has 1 rings (SSSR count). The average molecular weight is 228 g/mol. The van der Waals surface area contributed by atoms with Crippen LogP contribution in [-0.4, -0.2) is 41.6 Å². The average Bonchev–Trinajstić information content (AvgIpc) is 2.27. The monoisotopic (exact) mass is 228 g/mol. The summed E-state index contributed by atoms with van der Waals surface area (Å²) >= 11 is 0. The van der Waals surface area contributed by atoms with Crippen LogP contribution >= 0.6 is 0 Å². The zero-order valence-corrected chi connectivity index (χ0v) is 9.74. The van der Waals surface area contributed by atoms with Gasteiger partial charge in [-0.25, -0.2) is 4.79 Å². The third-order valence-corrected chi connectivity index (χ3v) is 2.94. The normalized spacial score (nSPS) is 16.8. The van der Waals surface area contributed by atoms with Gasteiger partial charge < -0.3 is 15.3 Å². The zero-order chi connectivity index (χ0) is 12.0. The first-order valence-electron chi connectivity index (χ1n) is 5.83. The lowest BCUT2D eigenvalue weighted by Gasteiger charge is -2.25. The summed E-state index contributed by atoms with van der Waals surface area (Å²) in [5.41, 5.74) is 0. The number of nitrogens with one attached hydrogen (secondary N) is 1. The fourth-order valence-corrected chi connectivity index (χ4v) is 1.90. The van der Waals surface area contributed by atoms with Gasteiger partial charge in [0.1, 0.15) is 0 Å². The molecule has 1 aliphatic rings. The predicted octanol–water partition coefficient (Wildman–Crippen LogP) is 1.44. The summed E-state index contributed by atoms with van der Waals surface area (Å²) in [6, 6.07) is 0.113. The Morgan fingerprint density at radius 1 is 1.31 bits per heavy atom. The van der Waals surface area contributed by atoms with Gasteiger partial charge in [-0.15, -0.1) is 0 Å². The Bertz CT molecular complexity index is 250. The van der Waals surface area contributed by atoms with Gasteiger partial charge in [0.05, 0.1) is 6.42 Å². The Labute approximate surface area is 95.8 Å². The van der Waals surface area contributed by atoms with Crippen molar-refractivity contribution in [1.82, 2.24) is 10.2 Å². The van der Waals surface area contributed by atoms with E-state index >= 15 is 0 Å². The molecule has 5 nitrogen and oxygen atoms in total. The summed E-state index contributed by atoms with van der Waals surface area (Å²) in [4.78, 5) is 23.4. The Morgan fingerprint density at radius 2 is 1.94 bits per heavy atom. The minimum Gasteiger partial charge on any atom is -0.481 e. The van der Waals surface area contributed by atoms with Crippen molar-refractivity contribution in [3.63, 3.8) is 0 Å². The number of rotatable bonds is 4. The number of hydrogen-bond donors (Lipinski definition) is 2. The molecule has 92 valence electrons. The summed E-state index contributed by atoms with van der Waals surface area (Å²) in [7, 11) is 1.63. The van der Waals surface area contributed by atoms with E-state index in [4.69, 9.17) is 5.11 Å². The maximum atomic E-state index is 11.6. The minimum atomic E-state index is -0.877. The summed E-state index contributed by atoms with van der Waals surface area (Å²) in [6.45, 7) is 0.258. The molecule has 2 N–H and O–H groups in total. The highest BCUT2D eigenvalue weighted by molar-refractivity contribution is 5.75. The van der Waals surface area contributed by atoms with Crippen LogP contribution in [0.4, 0.5) is 4.79 Å². The topological polar surface area (TPSA) is 69.6 Å². The minimum absolute atomic E-state index is 0.00537. The summed E-state index contributed by atoms with van der Waals surface area (Å²) < 4.78 is 0. The van der Waals surface area contributed by atoms with E-state index in [1.807, 2.05) is 0 Å². The Hall–Kier alpha value is -1.26. The van der Waals surface area contributed by atoms with E-state index in [1.54, 1.807) is 7.05 Å². The summed E-state index contributed by atoms with van der Waals surface area (Å²) in [5.74, 6) is -0.877. The molecule has 0 bridgehead atoms. The van der Waals surface area contributed by atoms with Crippen LogP contribution in [0.2, 0.25) is 0 Å². The van der Waals surface area contributed by atoms with Gasteiger partial charge in [-0.1, -0.05) is 19.3 Å². The molecule has 0 unspecified atom stereocenters. The molecule has 1 saturated carbocycles. The first kappa shape index (κ1) is 12.8. The fraction of sp³-hybridized carbons (Fsp3) is 0.818. The van der Waals surface area contributed by atoms with Crippen LogP contribution in [0, 0.1) is 0 Å². The van der Waals surface area contributed by atoms with Crippen molar-refractivity contribution in [2.75, 3.05) is 13.6 Å². The second-order valence-electron chi connectivity index (χ2n) is 4.35. The van der Waals surface area contributed by atoms with E-state index in [9.17, 15) is 9.59 Å². The molecule has 0 radical (unpaired) electrons. The standard InChI is InChI=1S/C11H20N2O3/c1-13(8-7-10(14)15)11(16)12-9-5-3-2-4-6-9/h9H,2-8H2,1H3,(H,12,16)(H,14,15). The lowest BCUT2D eigenvalue weighted by Crippen LogP contribution is -2.44. The van der Waals surface area contributed by atoms with Gasteiger partial charge in [-0.3, -0.25) is 4.79 Å². The van der Waals surface area contributed by atoms with E-state index in [0.29, 0.717) is 0 Å². The molecule has 0 aromatic rings. The first-order valence-corrected chi connectivity index (χ1v) is 5.83. The smallest absolute Gasteiger partial charge is 0.317 e. The highest BCUT2D eigenvalue weighted by atomic mass is 16.4. The van der Waals surface area contributed by atoms with Crippen LogP contribution in [0.25, 0.3) is 0 Å². The molecule has 16 heavy (non-hydrogen) atoms. The first-order chi connectivity index (χ1) is 7.59. The Kier molecular flexibility index (Phi) is 5.08. The quantitative estimate of drug-likeness (QED) is 0.764. The number of urea groups is 1. The van der Waals surface area contributed by atoms with Gasteiger partial charge in [0, 0.05) is 19.6 Å². The SMILES string of the molecule is CN(CCC(=O)O)C(=O)NC1CCCCC1. The second-order valence-corrected chi connectivity index (χ2v) is 4.35. The van der Waals surface area contributed by atoms with Gasteiger partial charge in [0.2, 0.25) is 0 Å². The van der Waals surface area contributed by atoms with E-state index < -0.39 is 5.97 Å². The molecule has 0 atom stereocenters. The molecule has 1 aliphatic carbocycles. The molecule has 2 amide bonds. The second kappa shape index (κ2) is 6.35. The maximum Gasteiger partial charge on any atom is 0.317 e. The number of nitrogens with zero attached hydrogens (tertiary/aromatic N) is 1. The predicted molar refractivity (Wildman–Crippen MR) is 60.3 cm³/mol. The van der Waals surface area contributed by atoms with Gasteiger partial charge in [-0.2, -0.15) is 0 Å². The third-order valence-electron chi connectivity index (χ3n) is 2.94. The highest BCUT2D eigenvalue weighted by Gasteiger charge is 2.17. The molecule has 0 aliphatic heterocycles. The number of aliphatic carboxylic acids is 1. The van der Waals surface area contributed by atoms with Crippen molar-refractivity contribution >= 4 is 12.0 Å². The molecular formula is C11H20N2O3. The van der Waals surface area contributed by atoms with Crippen molar-refractivity contribution in [1.29, 1.82) is 0 Å². The van der Waals surface area contributed by atoms with Crippen LogP contribution in [0.5, 0.6) is 0 Å². The van der Waals surface area contributed by atoms with Crippen molar-refractivity contribution in [3.05, 3.63) is 0 Å². The maximum absolute atomic E-state index is 11.6. The van der Waals surface area contributed by atoms with Crippen LogP contribution in [-0.2, 0) is 4.79 Å².